The standard InChI is InChI=1S/C19H19N3O4S/c1-24-15-7-5-14(6-8-15)22-12-20-21-19(22)27-11-16(23)13-4-9-17(25-2)18(10-13)26-3/h4-10,12H,11H2,1-3H3. The zero-order chi connectivity index (χ0) is 19.2. The SMILES string of the molecule is COc1ccc(-n2cnnc2SCC(=O)c2ccc(OC)c(OC)c2)cc1. The third-order valence-electron chi connectivity index (χ3n) is 3.90. The van der Waals surface area contributed by atoms with Crippen LogP contribution in [0.1, 0.15) is 10.4 Å². The smallest absolute Gasteiger partial charge is 0.196 e. The highest BCUT2D eigenvalue weighted by Gasteiger charge is 2.14. The van der Waals surface area contributed by atoms with Gasteiger partial charge in [0.2, 0.25) is 0 Å². The molecule has 0 saturated carbocycles. The lowest BCUT2D eigenvalue weighted by Crippen LogP contribution is -2.05. The van der Waals surface area contributed by atoms with Crippen LogP contribution in [0.15, 0.2) is 53.9 Å². The van der Waals surface area contributed by atoms with Crippen molar-refractivity contribution in [1.29, 1.82) is 0 Å². The first-order valence-electron chi connectivity index (χ1n) is 8.08. The summed E-state index contributed by atoms with van der Waals surface area (Å²) in [5, 5.41) is 8.70. The van der Waals surface area contributed by atoms with E-state index in [0.29, 0.717) is 22.2 Å². The molecule has 0 saturated heterocycles. The average Bonchev–Trinajstić information content (AvgIpc) is 3.20. The Morgan fingerprint density at radius 1 is 1.00 bits per heavy atom. The zero-order valence-corrected chi connectivity index (χ0v) is 16.0. The number of carbonyl (C=O) groups excluding carboxylic acids is 1. The number of carbonyl (C=O) groups is 1. The topological polar surface area (TPSA) is 75.5 Å². The molecule has 0 spiro atoms. The van der Waals surface area contributed by atoms with Crippen molar-refractivity contribution in [2.45, 2.75) is 5.16 Å². The molecule has 0 N–H and O–H groups in total. The Morgan fingerprint density at radius 3 is 2.41 bits per heavy atom. The maximum atomic E-state index is 12.5. The van der Waals surface area contributed by atoms with Crippen molar-refractivity contribution < 1.29 is 19.0 Å². The van der Waals surface area contributed by atoms with E-state index >= 15 is 0 Å². The minimum absolute atomic E-state index is 0.0368. The summed E-state index contributed by atoms with van der Waals surface area (Å²) in [6, 6.07) is 12.6. The molecule has 0 fully saturated rings. The van der Waals surface area contributed by atoms with Gasteiger partial charge in [-0.3, -0.25) is 9.36 Å². The van der Waals surface area contributed by atoms with Gasteiger partial charge < -0.3 is 14.2 Å². The number of nitrogens with zero attached hydrogens (tertiary/aromatic N) is 3. The van der Waals surface area contributed by atoms with Gasteiger partial charge in [0.1, 0.15) is 12.1 Å². The van der Waals surface area contributed by atoms with E-state index in [1.54, 1.807) is 38.7 Å². The molecule has 8 heteroatoms. The summed E-state index contributed by atoms with van der Waals surface area (Å²) in [6.07, 6.45) is 1.62. The Balaban J connectivity index is 1.72. The minimum atomic E-state index is -0.0368. The number of aromatic nitrogens is 3. The van der Waals surface area contributed by atoms with Crippen molar-refractivity contribution in [3.8, 4) is 22.9 Å². The molecule has 27 heavy (non-hydrogen) atoms. The fourth-order valence-corrected chi connectivity index (χ4v) is 3.29. The van der Waals surface area contributed by atoms with Crippen LogP contribution in [0, 0.1) is 0 Å². The van der Waals surface area contributed by atoms with Gasteiger partial charge in [-0.15, -0.1) is 10.2 Å². The van der Waals surface area contributed by atoms with E-state index in [9.17, 15) is 4.79 Å². The van der Waals surface area contributed by atoms with Gasteiger partial charge in [-0.1, -0.05) is 11.8 Å². The second-order valence-electron chi connectivity index (χ2n) is 5.46. The molecular weight excluding hydrogens is 366 g/mol. The van der Waals surface area contributed by atoms with E-state index < -0.39 is 0 Å². The first kappa shape index (κ1) is 18.8. The quantitative estimate of drug-likeness (QED) is 0.435. The highest BCUT2D eigenvalue weighted by atomic mass is 32.2. The fraction of sp³-hybridized carbons (Fsp3) is 0.211. The predicted molar refractivity (Wildman–Crippen MR) is 103 cm³/mol. The Kier molecular flexibility index (Phi) is 5.97. The van der Waals surface area contributed by atoms with Gasteiger partial charge in [0.05, 0.1) is 27.1 Å². The van der Waals surface area contributed by atoms with Crippen LogP contribution in [0.5, 0.6) is 17.2 Å². The lowest BCUT2D eigenvalue weighted by molar-refractivity contribution is 0.102. The van der Waals surface area contributed by atoms with Gasteiger partial charge in [-0.05, 0) is 42.5 Å². The first-order chi connectivity index (χ1) is 13.2. The van der Waals surface area contributed by atoms with Crippen LogP contribution in [0.3, 0.4) is 0 Å². The monoisotopic (exact) mass is 385 g/mol. The Morgan fingerprint density at radius 2 is 1.74 bits per heavy atom. The molecule has 2 aromatic carbocycles. The summed E-state index contributed by atoms with van der Waals surface area (Å²) < 4.78 is 17.4. The van der Waals surface area contributed by atoms with Gasteiger partial charge in [-0.2, -0.15) is 0 Å². The fourth-order valence-electron chi connectivity index (χ4n) is 2.47. The van der Waals surface area contributed by atoms with E-state index in [0.717, 1.165) is 11.4 Å². The maximum Gasteiger partial charge on any atom is 0.196 e. The second-order valence-corrected chi connectivity index (χ2v) is 6.41. The van der Waals surface area contributed by atoms with Crippen molar-refractivity contribution in [2.75, 3.05) is 27.1 Å². The summed E-state index contributed by atoms with van der Waals surface area (Å²) in [6.45, 7) is 0. The van der Waals surface area contributed by atoms with E-state index in [4.69, 9.17) is 14.2 Å². The molecule has 3 rings (SSSR count). The summed E-state index contributed by atoms with van der Waals surface area (Å²) in [7, 11) is 4.72. The van der Waals surface area contributed by atoms with Gasteiger partial charge >= 0.3 is 0 Å². The number of methoxy groups -OCH3 is 3. The van der Waals surface area contributed by atoms with E-state index in [1.165, 1.54) is 18.9 Å². The molecule has 0 aliphatic heterocycles. The molecule has 0 atom stereocenters. The largest absolute Gasteiger partial charge is 0.497 e. The lowest BCUT2D eigenvalue weighted by Gasteiger charge is -2.09. The molecule has 1 aromatic heterocycles. The van der Waals surface area contributed by atoms with Gasteiger partial charge in [0.15, 0.2) is 22.4 Å². The normalized spacial score (nSPS) is 10.5. The summed E-state index contributed by atoms with van der Waals surface area (Å²) in [5.74, 6) is 2.07. The molecule has 7 nitrogen and oxygen atoms in total. The molecule has 0 radical (unpaired) electrons. The minimum Gasteiger partial charge on any atom is -0.497 e. The van der Waals surface area contributed by atoms with E-state index in [2.05, 4.69) is 10.2 Å². The van der Waals surface area contributed by atoms with Crippen LogP contribution in [0.4, 0.5) is 0 Å². The molecule has 0 unspecified atom stereocenters. The molecular formula is C19H19N3O4S. The Labute approximate surface area is 161 Å². The number of rotatable bonds is 8. The Bertz CT molecular complexity index is 925. The molecule has 1 heterocycles. The van der Waals surface area contributed by atoms with Crippen molar-refractivity contribution in [3.05, 3.63) is 54.4 Å². The number of Topliss-reactive ketones (excluding diaryl/α,β-unsaturated/α-hetero) is 1. The molecule has 0 aliphatic rings. The molecule has 3 aromatic rings. The van der Waals surface area contributed by atoms with Gasteiger partial charge in [0, 0.05) is 11.3 Å². The van der Waals surface area contributed by atoms with Crippen LogP contribution in [0.25, 0.3) is 5.69 Å². The van der Waals surface area contributed by atoms with Crippen LogP contribution >= 0.6 is 11.8 Å². The summed E-state index contributed by atoms with van der Waals surface area (Å²) in [4.78, 5) is 12.5. The van der Waals surface area contributed by atoms with Gasteiger partial charge in [-0.25, -0.2) is 0 Å². The van der Waals surface area contributed by atoms with Crippen LogP contribution < -0.4 is 14.2 Å². The van der Waals surface area contributed by atoms with Crippen LogP contribution in [0.2, 0.25) is 0 Å². The molecule has 140 valence electrons. The van der Waals surface area contributed by atoms with Crippen molar-refractivity contribution in [3.63, 3.8) is 0 Å². The van der Waals surface area contributed by atoms with Crippen molar-refractivity contribution in [2.24, 2.45) is 0 Å². The number of hydrogen-bond acceptors (Lipinski definition) is 7. The van der Waals surface area contributed by atoms with Crippen LogP contribution in [-0.4, -0.2) is 47.6 Å². The number of ketones is 1. The number of ether oxygens (including phenoxy) is 3. The van der Waals surface area contributed by atoms with Crippen molar-refractivity contribution in [1.82, 2.24) is 14.8 Å². The summed E-state index contributed by atoms with van der Waals surface area (Å²) in [5.41, 5.74) is 1.44. The van der Waals surface area contributed by atoms with Gasteiger partial charge in [0.25, 0.3) is 0 Å². The number of hydrogen-bond donors (Lipinski definition) is 0. The third kappa shape index (κ3) is 4.22. The number of thioether (sulfide) groups is 1. The molecule has 0 bridgehead atoms. The number of benzene rings is 2. The maximum absolute atomic E-state index is 12.5. The van der Waals surface area contributed by atoms with E-state index in [1.807, 2.05) is 28.8 Å². The van der Waals surface area contributed by atoms with Crippen LogP contribution in [-0.2, 0) is 0 Å². The second kappa shape index (κ2) is 8.59. The van der Waals surface area contributed by atoms with Crippen molar-refractivity contribution >= 4 is 17.5 Å². The lowest BCUT2D eigenvalue weighted by atomic mass is 10.1. The Hall–Kier alpha value is -3.00. The summed E-state index contributed by atoms with van der Waals surface area (Å²) >= 11 is 1.32. The molecule has 0 amide bonds. The zero-order valence-electron chi connectivity index (χ0n) is 15.2. The third-order valence-corrected chi connectivity index (χ3v) is 4.85. The first-order valence-corrected chi connectivity index (χ1v) is 9.07. The van der Waals surface area contributed by atoms with E-state index in [-0.39, 0.29) is 11.5 Å². The predicted octanol–water partition coefficient (Wildman–Crippen LogP) is 3.27. The molecule has 0 aliphatic carbocycles. The highest BCUT2D eigenvalue weighted by molar-refractivity contribution is 7.99. The highest BCUT2D eigenvalue weighted by Crippen LogP contribution is 2.29. The average molecular weight is 385 g/mol.